The van der Waals surface area contributed by atoms with Crippen molar-refractivity contribution in [1.82, 2.24) is 10.4 Å². The van der Waals surface area contributed by atoms with Gasteiger partial charge in [0.1, 0.15) is 5.56 Å². The summed E-state index contributed by atoms with van der Waals surface area (Å²) in [5.41, 5.74) is 2.73. The third kappa shape index (κ3) is 4.66. The van der Waals surface area contributed by atoms with Crippen molar-refractivity contribution in [2.75, 3.05) is 14.2 Å². The highest BCUT2D eigenvalue weighted by Gasteiger charge is 2.34. The molecule has 1 saturated heterocycles. The molecule has 2 N–H and O–H groups in total. The summed E-state index contributed by atoms with van der Waals surface area (Å²) in [7, 11) is 2.70. The zero-order valence-corrected chi connectivity index (χ0v) is 18.6. The van der Waals surface area contributed by atoms with Gasteiger partial charge in [0.15, 0.2) is 15.8 Å². The van der Waals surface area contributed by atoms with Crippen LogP contribution >= 0.6 is 35.6 Å². The van der Waals surface area contributed by atoms with E-state index in [1.165, 1.54) is 44.6 Å². The summed E-state index contributed by atoms with van der Waals surface area (Å²) in [5.74, 6) is -2.17. The summed E-state index contributed by atoms with van der Waals surface area (Å²) in [5, 5.41) is 10.9. The number of amides is 2. The number of nitrogens with one attached hydrogen (secondary N) is 1. The summed E-state index contributed by atoms with van der Waals surface area (Å²) in [6.07, 6.45) is 1.37. The van der Waals surface area contributed by atoms with Gasteiger partial charge in [-0.3, -0.25) is 15.0 Å². The Morgan fingerprint density at radius 2 is 1.97 bits per heavy atom. The highest BCUT2D eigenvalue weighted by atomic mass is 35.5. The van der Waals surface area contributed by atoms with Crippen molar-refractivity contribution in [3.05, 3.63) is 63.0 Å². The third-order valence-corrected chi connectivity index (χ3v) is 5.71. The standard InChI is InChI=1S/C20H15ClN2O6S2/c1-28-13-7-6-10(15(19(26)27)16(13)29-2)9-14-18(25)23(20(30)31-14)22-17(24)11-4-3-5-12(21)8-11/h3-9H,1-2H3,(H,22,24)(H,26,27)/b14-9+. The van der Waals surface area contributed by atoms with Crippen molar-refractivity contribution in [2.45, 2.75) is 0 Å². The molecule has 2 aromatic carbocycles. The highest BCUT2D eigenvalue weighted by molar-refractivity contribution is 8.26. The third-order valence-electron chi connectivity index (χ3n) is 4.17. The molecule has 1 aliphatic rings. The number of methoxy groups -OCH3 is 2. The normalized spacial score (nSPS) is 14.7. The van der Waals surface area contributed by atoms with Crippen molar-refractivity contribution >= 4 is 63.8 Å². The van der Waals surface area contributed by atoms with E-state index in [0.717, 1.165) is 16.8 Å². The van der Waals surface area contributed by atoms with E-state index in [1.807, 2.05) is 0 Å². The highest BCUT2D eigenvalue weighted by Crippen LogP contribution is 2.37. The molecule has 160 valence electrons. The van der Waals surface area contributed by atoms with Crippen molar-refractivity contribution in [3.8, 4) is 11.5 Å². The van der Waals surface area contributed by atoms with E-state index in [9.17, 15) is 19.5 Å². The molecule has 0 unspecified atom stereocenters. The van der Waals surface area contributed by atoms with Crippen LogP contribution in [0.1, 0.15) is 26.3 Å². The lowest BCUT2D eigenvalue weighted by Crippen LogP contribution is -2.44. The van der Waals surface area contributed by atoms with Crippen molar-refractivity contribution in [1.29, 1.82) is 0 Å². The number of carbonyl (C=O) groups excluding carboxylic acids is 2. The Kier molecular flexibility index (Phi) is 6.84. The molecule has 0 saturated carbocycles. The number of carboxylic acids is 1. The maximum absolute atomic E-state index is 12.8. The van der Waals surface area contributed by atoms with Crippen LogP contribution in [0.5, 0.6) is 11.5 Å². The summed E-state index contributed by atoms with van der Waals surface area (Å²) in [6, 6.07) is 9.22. The first kappa shape index (κ1) is 22.6. The first-order chi connectivity index (χ1) is 14.8. The van der Waals surface area contributed by atoms with E-state index in [1.54, 1.807) is 12.1 Å². The molecule has 3 rings (SSSR count). The van der Waals surface area contributed by atoms with Gasteiger partial charge >= 0.3 is 5.97 Å². The Morgan fingerprint density at radius 1 is 1.23 bits per heavy atom. The van der Waals surface area contributed by atoms with Gasteiger partial charge in [0.2, 0.25) is 0 Å². The Morgan fingerprint density at radius 3 is 2.58 bits per heavy atom. The number of hydrazine groups is 1. The van der Waals surface area contributed by atoms with E-state index in [0.29, 0.717) is 5.02 Å². The largest absolute Gasteiger partial charge is 0.493 e. The minimum Gasteiger partial charge on any atom is -0.493 e. The lowest BCUT2D eigenvalue weighted by Gasteiger charge is -2.15. The molecular formula is C20H15ClN2O6S2. The number of hydrogen-bond donors (Lipinski definition) is 2. The zero-order valence-electron chi connectivity index (χ0n) is 16.2. The van der Waals surface area contributed by atoms with E-state index in [2.05, 4.69) is 5.43 Å². The fraction of sp³-hybridized carbons (Fsp3) is 0.100. The van der Waals surface area contributed by atoms with Crippen molar-refractivity contribution in [2.24, 2.45) is 0 Å². The molecule has 0 aliphatic carbocycles. The molecule has 11 heteroatoms. The number of halogens is 1. The Labute approximate surface area is 191 Å². The lowest BCUT2D eigenvalue weighted by molar-refractivity contribution is -0.123. The molecule has 1 aliphatic heterocycles. The second-order valence-corrected chi connectivity index (χ2v) is 8.15. The van der Waals surface area contributed by atoms with Gasteiger partial charge in [-0.2, -0.15) is 5.01 Å². The van der Waals surface area contributed by atoms with Gasteiger partial charge in [-0.25, -0.2) is 4.79 Å². The van der Waals surface area contributed by atoms with Crippen LogP contribution in [0, 0.1) is 0 Å². The first-order valence-electron chi connectivity index (χ1n) is 8.59. The van der Waals surface area contributed by atoms with E-state index < -0.39 is 17.8 Å². The second-order valence-electron chi connectivity index (χ2n) is 6.04. The number of nitrogens with zero attached hydrogens (tertiary/aromatic N) is 1. The molecule has 1 heterocycles. The Balaban J connectivity index is 1.92. The summed E-state index contributed by atoms with van der Waals surface area (Å²) in [4.78, 5) is 37.2. The molecule has 31 heavy (non-hydrogen) atoms. The molecule has 2 amide bonds. The minimum atomic E-state index is -1.26. The van der Waals surface area contributed by atoms with Crippen LogP contribution in [0.2, 0.25) is 5.02 Å². The number of benzene rings is 2. The van der Waals surface area contributed by atoms with Crippen LogP contribution in [0.3, 0.4) is 0 Å². The van der Waals surface area contributed by atoms with Crippen LogP contribution in [0.4, 0.5) is 0 Å². The van der Waals surface area contributed by atoms with Crippen LogP contribution in [0.25, 0.3) is 6.08 Å². The molecule has 0 spiro atoms. The number of carboxylic acid groups (broad SMARTS) is 1. The number of rotatable bonds is 6. The van der Waals surface area contributed by atoms with Gasteiger partial charge in [-0.15, -0.1) is 0 Å². The van der Waals surface area contributed by atoms with Gasteiger partial charge in [-0.1, -0.05) is 35.5 Å². The van der Waals surface area contributed by atoms with E-state index in [4.69, 9.17) is 33.3 Å². The summed E-state index contributed by atoms with van der Waals surface area (Å²) < 4.78 is 10.4. The fourth-order valence-electron chi connectivity index (χ4n) is 2.78. The van der Waals surface area contributed by atoms with Crippen molar-refractivity contribution < 1.29 is 29.0 Å². The zero-order chi connectivity index (χ0) is 22.7. The minimum absolute atomic E-state index is 0.0217. The number of ether oxygens (including phenoxy) is 2. The topological polar surface area (TPSA) is 105 Å². The predicted molar refractivity (Wildman–Crippen MR) is 120 cm³/mol. The number of carbonyl (C=O) groups is 3. The maximum Gasteiger partial charge on any atom is 0.340 e. The van der Waals surface area contributed by atoms with Gasteiger partial charge in [0, 0.05) is 10.6 Å². The number of hydrogen-bond acceptors (Lipinski definition) is 7. The average molecular weight is 479 g/mol. The van der Waals surface area contributed by atoms with Crippen LogP contribution in [-0.2, 0) is 4.79 Å². The summed E-state index contributed by atoms with van der Waals surface area (Å²) >= 11 is 12.0. The second kappa shape index (κ2) is 9.38. The monoisotopic (exact) mass is 478 g/mol. The fourth-order valence-corrected chi connectivity index (χ4v) is 4.14. The van der Waals surface area contributed by atoms with Gasteiger partial charge in [-0.05, 0) is 48.1 Å². The van der Waals surface area contributed by atoms with Gasteiger partial charge in [0.05, 0.1) is 19.1 Å². The molecule has 8 nitrogen and oxygen atoms in total. The maximum atomic E-state index is 12.8. The smallest absolute Gasteiger partial charge is 0.340 e. The number of aromatic carboxylic acids is 1. The predicted octanol–water partition coefficient (Wildman–Crippen LogP) is 3.60. The molecule has 0 radical (unpaired) electrons. The Bertz CT molecular complexity index is 1130. The average Bonchev–Trinajstić information content (AvgIpc) is 3.00. The first-order valence-corrected chi connectivity index (χ1v) is 10.2. The van der Waals surface area contributed by atoms with Crippen LogP contribution in [-0.4, -0.2) is 46.4 Å². The SMILES string of the molecule is COc1ccc(/C=C2/SC(=S)N(NC(=O)c3cccc(Cl)c3)C2=O)c(C(=O)O)c1OC. The molecule has 1 fully saturated rings. The van der Waals surface area contributed by atoms with Crippen LogP contribution in [0.15, 0.2) is 41.3 Å². The van der Waals surface area contributed by atoms with Gasteiger partial charge < -0.3 is 14.6 Å². The van der Waals surface area contributed by atoms with Gasteiger partial charge in [0.25, 0.3) is 11.8 Å². The molecule has 0 atom stereocenters. The Hall–Kier alpha value is -3.08. The van der Waals surface area contributed by atoms with Crippen molar-refractivity contribution in [3.63, 3.8) is 0 Å². The number of thiocarbonyl (C=S) groups is 1. The molecule has 0 bridgehead atoms. The molecule has 0 aromatic heterocycles. The van der Waals surface area contributed by atoms with E-state index in [-0.39, 0.29) is 37.4 Å². The van der Waals surface area contributed by atoms with Crippen LogP contribution < -0.4 is 14.9 Å². The van der Waals surface area contributed by atoms with E-state index >= 15 is 0 Å². The quantitative estimate of drug-likeness (QED) is 0.479. The summed E-state index contributed by atoms with van der Waals surface area (Å²) in [6.45, 7) is 0. The molecular weight excluding hydrogens is 464 g/mol. The number of thioether (sulfide) groups is 1. The lowest BCUT2D eigenvalue weighted by atomic mass is 10.0. The molecule has 2 aromatic rings.